The van der Waals surface area contributed by atoms with Crippen LogP contribution in [0.1, 0.15) is 41.6 Å². The van der Waals surface area contributed by atoms with Crippen LogP contribution in [-0.2, 0) is 15.0 Å². The molecule has 1 saturated heterocycles. The Morgan fingerprint density at radius 2 is 1.59 bits per heavy atom. The number of carboxylic acid groups (broad SMARTS) is 1. The molecule has 0 aliphatic carbocycles. The monoisotopic (exact) mass is 395 g/mol. The van der Waals surface area contributed by atoms with Gasteiger partial charge in [-0.3, -0.25) is 14.4 Å². The van der Waals surface area contributed by atoms with Crippen molar-refractivity contribution < 1.29 is 24.2 Å². The second-order valence-corrected chi connectivity index (χ2v) is 7.29. The van der Waals surface area contributed by atoms with Gasteiger partial charge in [0.15, 0.2) is 5.78 Å². The first-order chi connectivity index (χ1) is 14.0. The highest BCUT2D eigenvalue weighted by molar-refractivity contribution is 5.98. The van der Waals surface area contributed by atoms with Gasteiger partial charge in [0.25, 0.3) is 0 Å². The average Bonchev–Trinajstić information content (AvgIpc) is 2.77. The fraction of sp³-hybridized carbons (Fsp3) is 0.348. The van der Waals surface area contributed by atoms with Crippen molar-refractivity contribution in [3.63, 3.8) is 0 Å². The molecule has 1 aliphatic heterocycles. The topological polar surface area (TPSA) is 83.9 Å². The lowest BCUT2D eigenvalue weighted by atomic mass is 9.73. The van der Waals surface area contributed by atoms with E-state index < -0.39 is 11.4 Å². The number of Topliss-reactive ketones (excluding diaryl/α,β-unsaturated/α-hetero) is 1. The fourth-order valence-electron chi connectivity index (χ4n) is 3.82. The summed E-state index contributed by atoms with van der Waals surface area (Å²) in [6.45, 7) is 0.744. The number of hydrogen-bond acceptors (Lipinski definition) is 4. The second kappa shape index (κ2) is 8.90. The van der Waals surface area contributed by atoms with E-state index in [4.69, 9.17) is 4.74 Å². The van der Waals surface area contributed by atoms with Gasteiger partial charge in [0, 0.05) is 31.5 Å². The zero-order valence-electron chi connectivity index (χ0n) is 16.5. The first-order valence-corrected chi connectivity index (χ1v) is 9.70. The smallest absolute Gasteiger partial charge is 0.314 e. The third-order valence-electron chi connectivity index (χ3n) is 5.68. The van der Waals surface area contributed by atoms with Crippen molar-refractivity contribution in [2.75, 3.05) is 20.2 Å². The number of benzene rings is 2. The summed E-state index contributed by atoms with van der Waals surface area (Å²) in [5, 5.41) is 9.85. The Kier molecular flexibility index (Phi) is 6.32. The maximum absolute atomic E-state index is 12.6. The molecule has 6 heteroatoms. The van der Waals surface area contributed by atoms with E-state index in [0.29, 0.717) is 37.2 Å². The first-order valence-electron chi connectivity index (χ1n) is 9.70. The summed E-state index contributed by atoms with van der Waals surface area (Å²) < 4.78 is 5.08. The molecule has 1 heterocycles. The molecular formula is C23H25NO5. The first kappa shape index (κ1) is 20.6. The van der Waals surface area contributed by atoms with Gasteiger partial charge < -0.3 is 14.7 Å². The molecule has 1 fully saturated rings. The maximum Gasteiger partial charge on any atom is 0.314 e. The second-order valence-electron chi connectivity index (χ2n) is 7.29. The van der Waals surface area contributed by atoms with E-state index in [1.165, 1.54) is 0 Å². The number of carbonyl (C=O) groups is 3. The van der Waals surface area contributed by atoms with Gasteiger partial charge in [0.05, 0.1) is 12.5 Å². The lowest BCUT2D eigenvalue weighted by Crippen LogP contribution is -2.49. The van der Waals surface area contributed by atoms with Crippen molar-refractivity contribution in [2.24, 2.45) is 0 Å². The molecule has 29 heavy (non-hydrogen) atoms. The van der Waals surface area contributed by atoms with Crippen LogP contribution in [0.15, 0.2) is 54.6 Å². The minimum Gasteiger partial charge on any atom is -0.497 e. The molecule has 152 valence electrons. The van der Waals surface area contributed by atoms with Gasteiger partial charge in [0.2, 0.25) is 5.91 Å². The summed E-state index contributed by atoms with van der Waals surface area (Å²) in [6.07, 6.45) is 0.982. The van der Waals surface area contributed by atoms with Crippen molar-refractivity contribution in [1.82, 2.24) is 4.90 Å². The van der Waals surface area contributed by atoms with Crippen molar-refractivity contribution >= 4 is 17.7 Å². The predicted octanol–water partition coefficient (Wildman–Crippen LogP) is 3.30. The van der Waals surface area contributed by atoms with Crippen molar-refractivity contribution in [3.8, 4) is 5.75 Å². The van der Waals surface area contributed by atoms with Gasteiger partial charge in [-0.05, 0) is 42.7 Å². The SMILES string of the molecule is COc1ccc(C(=O)CCC(=O)N2CCC(C(=O)O)(c3ccccc3)CC2)cc1. The zero-order chi connectivity index (χ0) is 20.9. The summed E-state index contributed by atoms with van der Waals surface area (Å²) in [5.41, 5.74) is 0.359. The average molecular weight is 395 g/mol. The van der Waals surface area contributed by atoms with E-state index in [2.05, 4.69) is 0 Å². The Labute approximate surface area is 170 Å². The van der Waals surface area contributed by atoms with Gasteiger partial charge in [-0.15, -0.1) is 0 Å². The molecule has 0 atom stereocenters. The molecule has 2 aromatic carbocycles. The molecule has 0 unspecified atom stereocenters. The van der Waals surface area contributed by atoms with E-state index >= 15 is 0 Å². The Morgan fingerprint density at radius 1 is 0.966 bits per heavy atom. The molecular weight excluding hydrogens is 370 g/mol. The number of ketones is 1. The lowest BCUT2D eigenvalue weighted by molar-refractivity contribution is -0.148. The van der Waals surface area contributed by atoms with Crippen LogP contribution in [0.5, 0.6) is 5.75 Å². The van der Waals surface area contributed by atoms with Crippen molar-refractivity contribution in [1.29, 1.82) is 0 Å². The number of ether oxygens (including phenoxy) is 1. The van der Waals surface area contributed by atoms with Gasteiger partial charge in [-0.25, -0.2) is 0 Å². The third kappa shape index (κ3) is 4.47. The van der Waals surface area contributed by atoms with Gasteiger partial charge in [-0.2, -0.15) is 0 Å². The fourth-order valence-corrected chi connectivity index (χ4v) is 3.82. The van der Waals surface area contributed by atoms with Gasteiger partial charge in [-0.1, -0.05) is 30.3 Å². The van der Waals surface area contributed by atoms with Crippen LogP contribution < -0.4 is 4.74 Å². The largest absolute Gasteiger partial charge is 0.497 e. The number of carbonyl (C=O) groups excluding carboxylic acids is 2. The van der Waals surface area contributed by atoms with Crippen LogP contribution >= 0.6 is 0 Å². The molecule has 6 nitrogen and oxygen atoms in total. The van der Waals surface area contributed by atoms with E-state index in [9.17, 15) is 19.5 Å². The van der Waals surface area contributed by atoms with E-state index in [-0.39, 0.29) is 24.5 Å². The molecule has 1 N–H and O–H groups in total. The van der Waals surface area contributed by atoms with Crippen LogP contribution in [0, 0.1) is 0 Å². The summed E-state index contributed by atoms with van der Waals surface area (Å²) >= 11 is 0. The van der Waals surface area contributed by atoms with Crippen LogP contribution in [0.3, 0.4) is 0 Å². The number of nitrogens with zero attached hydrogens (tertiary/aromatic N) is 1. The molecule has 3 rings (SSSR count). The zero-order valence-corrected chi connectivity index (χ0v) is 16.5. The standard InChI is InChI=1S/C23H25NO5/c1-29-19-9-7-17(8-10-19)20(25)11-12-21(26)24-15-13-23(14-16-24,22(27)28)18-5-3-2-4-6-18/h2-10H,11-16H2,1H3,(H,27,28). The summed E-state index contributed by atoms with van der Waals surface area (Å²) in [7, 11) is 1.56. The molecule has 0 aromatic heterocycles. The predicted molar refractivity (Wildman–Crippen MR) is 108 cm³/mol. The van der Waals surface area contributed by atoms with Crippen molar-refractivity contribution in [2.45, 2.75) is 31.1 Å². The van der Waals surface area contributed by atoms with E-state index in [1.54, 1.807) is 36.3 Å². The maximum atomic E-state index is 12.6. The highest BCUT2D eigenvalue weighted by Crippen LogP contribution is 2.36. The van der Waals surface area contributed by atoms with E-state index in [0.717, 1.165) is 5.56 Å². The van der Waals surface area contributed by atoms with Gasteiger partial charge >= 0.3 is 5.97 Å². The molecule has 0 bridgehead atoms. The van der Waals surface area contributed by atoms with E-state index in [1.807, 2.05) is 30.3 Å². The highest BCUT2D eigenvalue weighted by Gasteiger charge is 2.43. The Morgan fingerprint density at radius 3 is 2.14 bits per heavy atom. The van der Waals surface area contributed by atoms with Crippen LogP contribution in [0.25, 0.3) is 0 Å². The summed E-state index contributed by atoms with van der Waals surface area (Å²) in [5.74, 6) is -0.391. The molecule has 0 saturated carbocycles. The van der Waals surface area contributed by atoms with Crippen LogP contribution in [-0.4, -0.2) is 47.9 Å². The Bertz CT molecular complexity index is 868. The highest BCUT2D eigenvalue weighted by atomic mass is 16.5. The molecule has 1 aliphatic rings. The minimum atomic E-state index is -0.961. The molecule has 1 amide bonds. The molecule has 2 aromatic rings. The summed E-state index contributed by atoms with van der Waals surface area (Å²) in [4.78, 5) is 38.6. The number of hydrogen-bond donors (Lipinski definition) is 1. The quantitative estimate of drug-likeness (QED) is 0.727. The normalized spacial score (nSPS) is 15.6. The molecule has 0 radical (unpaired) electrons. The number of rotatable bonds is 7. The number of aliphatic carboxylic acids is 1. The number of amides is 1. The lowest BCUT2D eigenvalue weighted by Gasteiger charge is -2.39. The number of carboxylic acids is 1. The molecule has 0 spiro atoms. The Balaban J connectivity index is 1.56. The Hall–Kier alpha value is -3.15. The minimum absolute atomic E-state index is 0.0952. The number of methoxy groups -OCH3 is 1. The third-order valence-corrected chi connectivity index (χ3v) is 5.68. The van der Waals surface area contributed by atoms with Crippen LogP contribution in [0.4, 0.5) is 0 Å². The summed E-state index contributed by atoms with van der Waals surface area (Å²) in [6, 6.07) is 16.0. The van der Waals surface area contributed by atoms with Crippen molar-refractivity contribution in [3.05, 3.63) is 65.7 Å². The number of piperidine rings is 1. The number of likely N-dealkylation sites (tertiary alicyclic amines) is 1. The van der Waals surface area contributed by atoms with Crippen LogP contribution in [0.2, 0.25) is 0 Å². The van der Waals surface area contributed by atoms with Gasteiger partial charge in [0.1, 0.15) is 5.75 Å².